The quantitative estimate of drug-likeness (QED) is 0.544. The maximum Gasteiger partial charge on any atom is 0.231 e. The van der Waals surface area contributed by atoms with Gasteiger partial charge in [0, 0.05) is 0 Å². The van der Waals surface area contributed by atoms with Crippen LogP contribution in [0.4, 0.5) is 0 Å². The van der Waals surface area contributed by atoms with E-state index in [1.165, 1.54) is 4.68 Å². The van der Waals surface area contributed by atoms with Crippen molar-refractivity contribution < 1.29 is 13.9 Å². The number of rotatable bonds is 3. The number of fused-ring (bicyclic) bond motifs is 1. The minimum Gasteiger partial charge on any atom is -0.461 e. The van der Waals surface area contributed by atoms with Gasteiger partial charge in [-0.05, 0) is 58.0 Å². The van der Waals surface area contributed by atoms with Crippen molar-refractivity contribution in [1.29, 1.82) is 0 Å². The second-order valence-electron chi connectivity index (χ2n) is 4.62. The third-order valence-corrected chi connectivity index (χ3v) is 4.02. The summed E-state index contributed by atoms with van der Waals surface area (Å²) in [5, 5.41) is 11.2. The zero-order chi connectivity index (χ0) is 15.8. The first-order chi connectivity index (χ1) is 11.2. The highest BCUT2D eigenvalue weighted by atomic mass is 79.9. The molecule has 7 nitrogen and oxygen atoms in total. The number of nitrogens with one attached hydrogen (secondary N) is 1. The number of H-pyrrole nitrogens is 1. The number of ether oxygens (including phenoxy) is 2. The van der Waals surface area contributed by atoms with Crippen molar-refractivity contribution in [3.05, 3.63) is 45.3 Å². The van der Waals surface area contributed by atoms with Crippen LogP contribution in [0.5, 0.6) is 11.5 Å². The summed E-state index contributed by atoms with van der Waals surface area (Å²) in [6.07, 6.45) is 3.22. The highest BCUT2D eigenvalue weighted by Gasteiger charge is 2.17. The number of hydrogen-bond acceptors (Lipinski definition) is 6. The fraction of sp³-hybridized carbons (Fsp3) is 0.0714. The normalized spacial score (nSPS) is 13.1. The number of nitrogens with zero attached hydrogens (tertiary/aromatic N) is 3. The van der Waals surface area contributed by atoms with Gasteiger partial charge in [0.25, 0.3) is 0 Å². The monoisotopic (exact) mass is 392 g/mol. The number of halogens is 1. The molecule has 23 heavy (non-hydrogen) atoms. The van der Waals surface area contributed by atoms with Crippen LogP contribution in [0.25, 0.3) is 11.6 Å². The smallest absolute Gasteiger partial charge is 0.231 e. The van der Waals surface area contributed by atoms with E-state index in [1.54, 1.807) is 24.6 Å². The summed E-state index contributed by atoms with van der Waals surface area (Å²) >= 11 is 8.65. The third-order valence-electron chi connectivity index (χ3n) is 3.16. The van der Waals surface area contributed by atoms with Crippen LogP contribution in [0.1, 0.15) is 5.56 Å². The van der Waals surface area contributed by atoms with E-state index in [-0.39, 0.29) is 6.79 Å². The minimum atomic E-state index is 0.212. The second-order valence-corrected chi connectivity index (χ2v) is 5.86. The van der Waals surface area contributed by atoms with E-state index in [1.807, 2.05) is 12.1 Å². The first-order valence-electron chi connectivity index (χ1n) is 6.57. The molecule has 0 amide bonds. The van der Waals surface area contributed by atoms with Crippen LogP contribution >= 0.6 is 28.1 Å². The number of benzene rings is 1. The molecule has 1 aromatic carbocycles. The molecule has 1 aliphatic rings. The Labute approximate surface area is 143 Å². The van der Waals surface area contributed by atoms with Gasteiger partial charge in [-0.15, -0.1) is 5.10 Å². The molecule has 0 spiro atoms. The Kier molecular flexibility index (Phi) is 3.50. The molecule has 4 rings (SSSR count). The van der Waals surface area contributed by atoms with Crippen molar-refractivity contribution in [2.45, 2.75) is 0 Å². The first-order valence-corrected chi connectivity index (χ1v) is 7.77. The molecule has 0 bridgehead atoms. The van der Waals surface area contributed by atoms with E-state index in [0.29, 0.717) is 27.9 Å². The summed E-state index contributed by atoms with van der Waals surface area (Å²) in [5.74, 6) is 2.43. The van der Waals surface area contributed by atoms with E-state index in [4.69, 9.17) is 26.1 Å². The van der Waals surface area contributed by atoms with Crippen LogP contribution in [0.2, 0.25) is 0 Å². The van der Waals surface area contributed by atoms with E-state index in [9.17, 15) is 0 Å². The maximum atomic E-state index is 5.39. The van der Waals surface area contributed by atoms with Crippen molar-refractivity contribution in [1.82, 2.24) is 14.9 Å². The molecule has 0 aliphatic carbocycles. The van der Waals surface area contributed by atoms with Gasteiger partial charge in [0.1, 0.15) is 0 Å². The lowest BCUT2D eigenvalue weighted by molar-refractivity contribution is 0.173. The van der Waals surface area contributed by atoms with Crippen molar-refractivity contribution in [2.24, 2.45) is 5.10 Å². The van der Waals surface area contributed by atoms with Gasteiger partial charge < -0.3 is 13.9 Å². The maximum absolute atomic E-state index is 5.39. The molecule has 0 fully saturated rings. The zero-order valence-electron chi connectivity index (χ0n) is 11.5. The molecule has 0 atom stereocenters. The van der Waals surface area contributed by atoms with Crippen LogP contribution in [0.3, 0.4) is 0 Å². The van der Waals surface area contributed by atoms with Gasteiger partial charge in [-0.2, -0.15) is 9.78 Å². The van der Waals surface area contributed by atoms with Gasteiger partial charge in [0.05, 0.1) is 17.0 Å². The SMILES string of the molecule is S=c1[nH]nc(-c2ccco2)n1/N=C\c1cc(Br)c2c(c1)OCO2. The molecule has 0 radical (unpaired) electrons. The van der Waals surface area contributed by atoms with E-state index in [2.05, 4.69) is 31.2 Å². The molecule has 116 valence electrons. The predicted octanol–water partition coefficient (Wildman–Crippen LogP) is 3.57. The fourth-order valence-corrected chi connectivity index (χ4v) is 2.90. The predicted molar refractivity (Wildman–Crippen MR) is 88.4 cm³/mol. The van der Waals surface area contributed by atoms with Crippen LogP contribution in [0.15, 0.2) is 44.5 Å². The molecule has 9 heteroatoms. The number of aromatic amines is 1. The molecule has 2 aromatic heterocycles. The highest BCUT2D eigenvalue weighted by molar-refractivity contribution is 9.10. The zero-order valence-corrected chi connectivity index (χ0v) is 13.9. The molecular weight excluding hydrogens is 384 g/mol. The van der Waals surface area contributed by atoms with Crippen molar-refractivity contribution in [3.63, 3.8) is 0 Å². The summed E-state index contributed by atoms with van der Waals surface area (Å²) in [6, 6.07) is 7.28. The highest BCUT2D eigenvalue weighted by Crippen LogP contribution is 2.39. The standard InChI is InChI=1S/C14H9BrN4O3S/c15-9-4-8(5-11-12(9)22-7-21-11)6-16-19-13(17-18-14(19)23)10-2-1-3-20-10/h1-6H,7H2,(H,18,23)/b16-6-. The summed E-state index contributed by atoms with van der Waals surface area (Å²) < 4.78 is 18.7. The van der Waals surface area contributed by atoms with Crippen LogP contribution < -0.4 is 9.47 Å². The van der Waals surface area contributed by atoms with E-state index >= 15 is 0 Å². The van der Waals surface area contributed by atoms with Gasteiger partial charge in [0.15, 0.2) is 17.3 Å². The number of aromatic nitrogens is 3. The molecule has 3 heterocycles. The molecule has 0 saturated carbocycles. The topological polar surface area (TPSA) is 77.6 Å². The largest absolute Gasteiger partial charge is 0.461 e. The number of hydrogen-bond donors (Lipinski definition) is 1. The van der Waals surface area contributed by atoms with Crippen molar-refractivity contribution in [3.8, 4) is 23.1 Å². The average molecular weight is 393 g/mol. The molecule has 0 saturated heterocycles. The molecular formula is C14H9BrN4O3S. The minimum absolute atomic E-state index is 0.212. The van der Waals surface area contributed by atoms with Crippen LogP contribution in [-0.2, 0) is 0 Å². The first kappa shape index (κ1) is 14.2. The third kappa shape index (κ3) is 2.57. The van der Waals surface area contributed by atoms with E-state index < -0.39 is 0 Å². The van der Waals surface area contributed by atoms with Crippen LogP contribution in [-0.4, -0.2) is 27.9 Å². The van der Waals surface area contributed by atoms with Gasteiger partial charge in [-0.25, -0.2) is 5.10 Å². The summed E-state index contributed by atoms with van der Waals surface area (Å²) in [4.78, 5) is 0. The Hall–Kier alpha value is -2.39. The molecule has 0 unspecified atom stereocenters. The Morgan fingerprint density at radius 1 is 1.39 bits per heavy atom. The van der Waals surface area contributed by atoms with Gasteiger partial charge in [-0.1, -0.05) is 0 Å². The molecule has 1 aliphatic heterocycles. The lowest BCUT2D eigenvalue weighted by Gasteiger charge is -2.01. The van der Waals surface area contributed by atoms with Crippen molar-refractivity contribution >= 4 is 34.4 Å². The Morgan fingerprint density at radius 3 is 3.13 bits per heavy atom. The molecule has 1 N–H and O–H groups in total. The van der Waals surface area contributed by atoms with Gasteiger partial charge >= 0.3 is 0 Å². The fourth-order valence-electron chi connectivity index (χ4n) is 2.15. The Bertz CT molecular complexity index is 946. The van der Waals surface area contributed by atoms with Gasteiger partial charge in [0.2, 0.25) is 17.4 Å². The Balaban J connectivity index is 1.72. The number of furan rings is 1. The molecule has 3 aromatic rings. The van der Waals surface area contributed by atoms with Gasteiger partial charge in [-0.3, -0.25) is 0 Å². The lowest BCUT2D eigenvalue weighted by Crippen LogP contribution is -1.94. The summed E-state index contributed by atoms with van der Waals surface area (Å²) in [5.41, 5.74) is 0.828. The average Bonchev–Trinajstić information content (AvgIpc) is 3.25. The lowest BCUT2D eigenvalue weighted by atomic mass is 10.2. The van der Waals surface area contributed by atoms with Crippen LogP contribution in [0, 0.1) is 4.77 Å². The summed E-state index contributed by atoms with van der Waals surface area (Å²) in [6.45, 7) is 0.212. The Morgan fingerprint density at radius 2 is 2.30 bits per heavy atom. The second kappa shape index (κ2) is 5.67. The summed E-state index contributed by atoms with van der Waals surface area (Å²) in [7, 11) is 0. The van der Waals surface area contributed by atoms with Crippen molar-refractivity contribution in [2.75, 3.05) is 6.79 Å². The van der Waals surface area contributed by atoms with E-state index in [0.717, 1.165) is 10.0 Å².